The lowest BCUT2D eigenvalue weighted by molar-refractivity contribution is 0.236. The molecule has 0 spiro atoms. The summed E-state index contributed by atoms with van der Waals surface area (Å²) in [6.45, 7) is 0.477. The fraction of sp³-hybridized carbons (Fsp3) is 0.500. The van der Waals surface area contributed by atoms with Crippen molar-refractivity contribution in [3.63, 3.8) is 0 Å². The molecule has 5 heteroatoms. The van der Waals surface area contributed by atoms with E-state index in [4.69, 9.17) is 5.73 Å². The van der Waals surface area contributed by atoms with Gasteiger partial charge in [0.2, 0.25) is 0 Å². The predicted octanol–water partition coefficient (Wildman–Crippen LogP) is 1.41. The first-order valence-electron chi connectivity index (χ1n) is 5.99. The third-order valence-electron chi connectivity index (χ3n) is 2.99. The number of pyridine rings is 1. The van der Waals surface area contributed by atoms with E-state index in [9.17, 15) is 4.79 Å². The molecule has 0 aliphatic heterocycles. The second-order valence-electron chi connectivity index (χ2n) is 4.40. The van der Waals surface area contributed by atoms with E-state index in [2.05, 4.69) is 15.6 Å². The molecule has 0 saturated heterocycles. The van der Waals surface area contributed by atoms with Crippen LogP contribution < -0.4 is 16.4 Å². The van der Waals surface area contributed by atoms with Crippen LogP contribution in [0.3, 0.4) is 0 Å². The predicted molar refractivity (Wildman–Crippen MR) is 66.3 cm³/mol. The maximum Gasteiger partial charge on any atom is 0.315 e. The second kappa shape index (κ2) is 5.52. The van der Waals surface area contributed by atoms with E-state index in [1.165, 1.54) is 12.8 Å². The van der Waals surface area contributed by atoms with Crippen LogP contribution in [0.4, 0.5) is 10.6 Å². The monoisotopic (exact) mass is 234 g/mol. The van der Waals surface area contributed by atoms with Gasteiger partial charge in [-0.15, -0.1) is 0 Å². The second-order valence-corrected chi connectivity index (χ2v) is 4.40. The van der Waals surface area contributed by atoms with Gasteiger partial charge in [-0.3, -0.25) is 0 Å². The van der Waals surface area contributed by atoms with Crippen molar-refractivity contribution in [2.45, 2.75) is 38.3 Å². The van der Waals surface area contributed by atoms with E-state index in [0.717, 1.165) is 18.4 Å². The first kappa shape index (κ1) is 11.7. The SMILES string of the molecule is Nc1cc(CNC(=O)NC2CCCC2)ccn1. The molecule has 1 aliphatic rings. The van der Waals surface area contributed by atoms with Crippen LogP contribution in [-0.4, -0.2) is 17.1 Å². The molecule has 1 aromatic rings. The molecule has 0 radical (unpaired) electrons. The minimum absolute atomic E-state index is 0.104. The largest absolute Gasteiger partial charge is 0.384 e. The minimum Gasteiger partial charge on any atom is -0.384 e. The molecule has 1 aromatic heterocycles. The highest BCUT2D eigenvalue weighted by Gasteiger charge is 2.16. The fourth-order valence-electron chi connectivity index (χ4n) is 2.09. The van der Waals surface area contributed by atoms with Gasteiger partial charge in [0.1, 0.15) is 5.82 Å². The normalized spacial score (nSPS) is 15.8. The van der Waals surface area contributed by atoms with Crippen molar-refractivity contribution in [3.8, 4) is 0 Å². The lowest BCUT2D eigenvalue weighted by atomic mass is 10.2. The number of nitrogen functional groups attached to an aromatic ring is 1. The fourth-order valence-corrected chi connectivity index (χ4v) is 2.09. The Hall–Kier alpha value is -1.78. The molecule has 4 N–H and O–H groups in total. The molecule has 1 heterocycles. The Morgan fingerprint density at radius 1 is 1.47 bits per heavy atom. The van der Waals surface area contributed by atoms with Crippen LogP contribution in [0.2, 0.25) is 0 Å². The molecule has 0 unspecified atom stereocenters. The number of nitrogens with two attached hydrogens (primary N) is 1. The van der Waals surface area contributed by atoms with Crippen molar-refractivity contribution in [1.29, 1.82) is 0 Å². The molecular formula is C12H18N4O. The van der Waals surface area contributed by atoms with Crippen molar-refractivity contribution >= 4 is 11.8 Å². The lowest BCUT2D eigenvalue weighted by Gasteiger charge is -2.12. The zero-order valence-electron chi connectivity index (χ0n) is 9.78. The highest BCUT2D eigenvalue weighted by atomic mass is 16.2. The van der Waals surface area contributed by atoms with E-state index in [1.807, 2.05) is 6.07 Å². The number of nitrogens with one attached hydrogen (secondary N) is 2. The van der Waals surface area contributed by atoms with E-state index in [-0.39, 0.29) is 6.03 Å². The number of hydrogen-bond donors (Lipinski definition) is 3. The first-order valence-corrected chi connectivity index (χ1v) is 5.99. The van der Waals surface area contributed by atoms with E-state index in [1.54, 1.807) is 12.3 Å². The number of amides is 2. The number of urea groups is 1. The molecule has 0 atom stereocenters. The standard InChI is InChI=1S/C12H18N4O/c13-11-7-9(5-6-14-11)8-15-12(17)16-10-3-1-2-4-10/h5-7,10H,1-4,8H2,(H2,13,14)(H2,15,16,17). The molecule has 5 nitrogen and oxygen atoms in total. The summed E-state index contributed by atoms with van der Waals surface area (Å²) in [4.78, 5) is 15.5. The molecule has 1 fully saturated rings. The van der Waals surface area contributed by atoms with Gasteiger partial charge in [-0.1, -0.05) is 12.8 Å². The number of nitrogens with zero attached hydrogens (tertiary/aromatic N) is 1. The highest BCUT2D eigenvalue weighted by Crippen LogP contribution is 2.17. The number of rotatable bonds is 3. The van der Waals surface area contributed by atoms with E-state index in [0.29, 0.717) is 18.4 Å². The maximum atomic E-state index is 11.6. The Kier molecular flexibility index (Phi) is 3.80. The Bertz CT molecular complexity index is 388. The van der Waals surface area contributed by atoms with Crippen LogP contribution in [0.1, 0.15) is 31.2 Å². The molecule has 2 rings (SSSR count). The zero-order valence-corrected chi connectivity index (χ0v) is 9.78. The van der Waals surface area contributed by atoms with Gasteiger partial charge in [-0.25, -0.2) is 9.78 Å². The lowest BCUT2D eigenvalue weighted by Crippen LogP contribution is -2.40. The molecular weight excluding hydrogens is 216 g/mol. The first-order chi connectivity index (χ1) is 8.24. The van der Waals surface area contributed by atoms with Crippen LogP contribution in [0.25, 0.3) is 0 Å². The van der Waals surface area contributed by atoms with Crippen molar-refractivity contribution in [2.75, 3.05) is 5.73 Å². The Morgan fingerprint density at radius 2 is 2.24 bits per heavy atom. The van der Waals surface area contributed by atoms with Gasteiger partial charge in [0.15, 0.2) is 0 Å². The summed E-state index contributed by atoms with van der Waals surface area (Å²) in [5.41, 5.74) is 6.52. The van der Waals surface area contributed by atoms with E-state index < -0.39 is 0 Å². The summed E-state index contributed by atoms with van der Waals surface area (Å²) >= 11 is 0. The third-order valence-corrected chi connectivity index (χ3v) is 2.99. The van der Waals surface area contributed by atoms with Crippen LogP contribution in [0.5, 0.6) is 0 Å². The molecule has 92 valence electrons. The average Bonchev–Trinajstić information content (AvgIpc) is 2.79. The Balaban J connectivity index is 1.75. The van der Waals surface area contributed by atoms with Crippen molar-refractivity contribution in [2.24, 2.45) is 0 Å². The van der Waals surface area contributed by atoms with Gasteiger partial charge < -0.3 is 16.4 Å². The van der Waals surface area contributed by atoms with E-state index >= 15 is 0 Å². The molecule has 0 aromatic carbocycles. The summed E-state index contributed by atoms with van der Waals surface area (Å²) < 4.78 is 0. The summed E-state index contributed by atoms with van der Waals surface area (Å²) in [5.74, 6) is 0.473. The highest BCUT2D eigenvalue weighted by molar-refractivity contribution is 5.74. The summed E-state index contributed by atoms with van der Waals surface area (Å²) in [6, 6.07) is 3.84. The van der Waals surface area contributed by atoms with Crippen molar-refractivity contribution < 1.29 is 4.79 Å². The molecule has 1 aliphatic carbocycles. The molecule has 0 bridgehead atoms. The van der Waals surface area contributed by atoms with Gasteiger partial charge in [-0.2, -0.15) is 0 Å². The quantitative estimate of drug-likeness (QED) is 0.739. The van der Waals surface area contributed by atoms with Gasteiger partial charge in [0.25, 0.3) is 0 Å². The molecule has 2 amide bonds. The summed E-state index contributed by atoms with van der Waals surface area (Å²) in [5, 5.41) is 5.79. The van der Waals surface area contributed by atoms with Crippen LogP contribution in [-0.2, 0) is 6.54 Å². The number of aromatic nitrogens is 1. The minimum atomic E-state index is -0.104. The smallest absolute Gasteiger partial charge is 0.315 e. The number of hydrogen-bond acceptors (Lipinski definition) is 3. The summed E-state index contributed by atoms with van der Waals surface area (Å²) in [7, 11) is 0. The van der Waals surface area contributed by atoms with Gasteiger partial charge >= 0.3 is 6.03 Å². The molecule has 17 heavy (non-hydrogen) atoms. The van der Waals surface area contributed by atoms with Gasteiger partial charge in [-0.05, 0) is 30.5 Å². The average molecular weight is 234 g/mol. The van der Waals surface area contributed by atoms with Gasteiger partial charge in [0.05, 0.1) is 0 Å². The number of carbonyl (C=O) groups is 1. The van der Waals surface area contributed by atoms with Crippen molar-refractivity contribution in [1.82, 2.24) is 15.6 Å². The zero-order chi connectivity index (χ0) is 12.1. The topological polar surface area (TPSA) is 80.0 Å². The van der Waals surface area contributed by atoms with Crippen LogP contribution >= 0.6 is 0 Å². The Labute approximate surface area is 101 Å². The van der Waals surface area contributed by atoms with Crippen LogP contribution in [0.15, 0.2) is 18.3 Å². The van der Waals surface area contributed by atoms with Gasteiger partial charge in [0, 0.05) is 18.8 Å². The number of carbonyl (C=O) groups excluding carboxylic acids is 1. The van der Waals surface area contributed by atoms with Crippen LogP contribution in [0, 0.1) is 0 Å². The number of anilines is 1. The molecule has 1 saturated carbocycles. The third kappa shape index (κ3) is 3.62. The van der Waals surface area contributed by atoms with Crippen molar-refractivity contribution in [3.05, 3.63) is 23.9 Å². The summed E-state index contributed by atoms with van der Waals surface area (Å²) in [6.07, 6.45) is 6.25. The maximum absolute atomic E-state index is 11.6. The Morgan fingerprint density at radius 3 is 2.94 bits per heavy atom.